The van der Waals surface area contributed by atoms with Crippen LogP contribution in [0, 0.1) is 0 Å². The van der Waals surface area contributed by atoms with Gasteiger partial charge in [-0.3, -0.25) is 0 Å². The lowest BCUT2D eigenvalue weighted by molar-refractivity contribution is 1.47. The van der Waals surface area contributed by atoms with Crippen LogP contribution in [0.25, 0.3) is 6.08 Å². The Labute approximate surface area is 119 Å². The van der Waals surface area contributed by atoms with E-state index in [1.54, 1.807) is 0 Å². The molecule has 94 valence electrons. The second-order valence-electron chi connectivity index (χ2n) is 3.80. The Morgan fingerprint density at radius 3 is 2.33 bits per heavy atom. The Morgan fingerprint density at radius 2 is 1.78 bits per heavy atom. The van der Waals surface area contributed by atoms with E-state index in [-0.39, 0.29) is 0 Å². The molecule has 0 bridgehead atoms. The summed E-state index contributed by atoms with van der Waals surface area (Å²) in [6.45, 7) is 4.10. The normalized spacial score (nSPS) is 13.7. The predicted molar refractivity (Wildman–Crippen MR) is 85.9 cm³/mol. The molecule has 0 aliphatic heterocycles. The first-order valence-electron chi connectivity index (χ1n) is 6.10. The van der Waals surface area contributed by atoms with Crippen LogP contribution in [0.15, 0.2) is 71.9 Å². The monoisotopic (exact) mass is 302 g/mol. The molecular formula is C17H19Br. The van der Waals surface area contributed by atoms with Gasteiger partial charge in [-0.25, -0.2) is 0 Å². The number of hydrogen-bond acceptors (Lipinski definition) is 0. The summed E-state index contributed by atoms with van der Waals surface area (Å²) in [5.74, 6) is 0. The number of allylic oxidation sites excluding steroid dienone is 7. The van der Waals surface area contributed by atoms with Crippen LogP contribution in [0.2, 0.25) is 0 Å². The summed E-state index contributed by atoms with van der Waals surface area (Å²) >= 11 is 3.46. The van der Waals surface area contributed by atoms with Gasteiger partial charge >= 0.3 is 0 Å². The molecule has 0 aliphatic carbocycles. The van der Waals surface area contributed by atoms with Gasteiger partial charge in [0.2, 0.25) is 0 Å². The molecule has 0 saturated heterocycles. The quantitative estimate of drug-likeness (QED) is 0.494. The van der Waals surface area contributed by atoms with E-state index < -0.39 is 0 Å². The minimum absolute atomic E-state index is 0.857. The fraction of sp³-hybridized carbons (Fsp3) is 0.176. The molecule has 1 aromatic rings. The van der Waals surface area contributed by atoms with E-state index in [2.05, 4.69) is 83.6 Å². The average Bonchev–Trinajstić information content (AvgIpc) is 2.42. The number of rotatable bonds is 5. The van der Waals surface area contributed by atoms with Gasteiger partial charge in [-0.1, -0.05) is 82.7 Å². The summed E-state index contributed by atoms with van der Waals surface area (Å²) in [6, 6.07) is 10.3. The molecule has 0 amide bonds. The third kappa shape index (κ3) is 4.89. The van der Waals surface area contributed by atoms with Gasteiger partial charge in [0.25, 0.3) is 0 Å². The molecule has 0 atom stereocenters. The summed E-state index contributed by atoms with van der Waals surface area (Å²) < 4.78 is 0. The van der Waals surface area contributed by atoms with Crippen LogP contribution in [-0.2, 0) is 0 Å². The van der Waals surface area contributed by atoms with Gasteiger partial charge in [0.05, 0.1) is 0 Å². The third-order valence-electron chi connectivity index (χ3n) is 2.54. The average molecular weight is 303 g/mol. The highest BCUT2D eigenvalue weighted by Gasteiger charge is 1.96. The van der Waals surface area contributed by atoms with E-state index in [4.69, 9.17) is 0 Å². The van der Waals surface area contributed by atoms with Crippen LogP contribution in [0.4, 0.5) is 0 Å². The molecule has 0 unspecified atom stereocenters. The molecule has 0 spiro atoms. The fourth-order valence-electron chi connectivity index (χ4n) is 1.65. The zero-order chi connectivity index (χ0) is 13.2. The minimum Gasteiger partial charge on any atom is -0.0883 e. The molecule has 0 heterocycles. The lowest BCUT2D eigenvalue weighted by Gasteiger charge is -2.03. The molecular weight excluding hydrogens is 284 g/mol. The van der Waals surface area contributed by atoms with Crippen molar-refractivity contribution in [3.05, 3.63) is 77.4 Å². The highest BCUT2D eigenvalue weighted by Crippen LogP contribution is 2.16. The van der Waals surface area contributed by atoms with E-state index in [1.807, 2.05) is 13.0 Å². The second-order valence-corrected chi connectivity index (χ2v) is 4.45. The van der Waals surface area contributed by atoms with Crippen LogP contribution in [0.1, 0.15) is 19.4 Å². The topological polar surface area (TPSA) is 0 Å². The lowest BCUT2D eigenvalue weighted by atomic mass is 10.0. The van der Waals surface area contributed by atoms with E-state index >= 15 is 0 Å². The predicted octanol–water partition coefficient (Wildman–Crippen LogP) is 5.54. The molecule has 1 rings (SSSR count). The molecule has 1 heteroatoms. The van der Waals surface area contributed by atoms with Gasteiger partial charge in [-0.2, -0.15) is 0 Å². The van der Waals surface area contributed by atoms with E-state index in [0.29, 0.717) is 0 Å². The molecule has 0 N–H and O–H groups in total. The largest absolute Gasteiger partial charge is 0.0883 e. The van der Waals surface area contributed by atoms with Crippen molar-refractivity contribution in [2.24, 2.45) is 0 Å². The SMILES string of the molecule is C\C=C/C(=C\C)C(/C=C/c1ccccc1)=C/CBr. The standard InChI is InChI=1S/C17H19Br/c1-3-8-16(4-2)17(13-14-18)12-11-15-9-6-5-7-10-15/h3-13H,14H2,1-2H3/b8-3-,12-11+,16-4+,17-13+. The molecule has 0 saturated carbocycles. The van der Waals surface area contributed by atoms with Crippen molar-refractivity contribution < 1.29 is 0 Å². The zero-order valence-corrected chi connectivity index (χ0v) is 12.5. The van der Waals surface area contributed by atoms with E-state index in [0.717, 1.165) is 5.33 Å². The molecule has 0 fully saturated rings. The van der Waals surface area contributed by atoms with Crippen molar-refractivity contribution in [3.63, 3.8) is 0 Å². The molecule has 18 heavy (non-hydrogen) atoms. The number of halogens is 1. The Hall–Kier alpha value is -1.34. The summed E-state index contributed by atoms with van der Waals surface area (Å²) in [4.78, 5) is 0. The maximum Gasteiger partial charge on any atom is 0.0221 e. The lowest BCUT2D eigenvalue weighted by Crippen LogP contribution is -1.84. The first-order valence-corrected chi connectivity index (χ1v) is 7.22. The van der Waals surface area contributed by atoms with Gasteiger partial charge in [0.1, 0.15) is 0 Å². The molecule has 0 aromatic heterocycles. The van der Waals surface area contributed by atoms with Crippen LogP contribution >= 0.6 is 15.9 Å². The highest BCUT2D eigenvalue weighted by atomic mass is 79.9. The number of benzene rings is 1. The fourth-order valence-corrected chi connectivity index (χ4v) is 2.00. The summed E-state index contributed by atoms with van der Waals surface area (Å²) in [5, 5.41) is 0.857. The van der Waals surface area contributed by atoms with Crippen LogP contribution in [0.3, 0.4) is 0 Å². The molecule has 0 nitrogen and oxygen atoms in total. The summed E-state index contributed by atoms with van der Waals surface area (Å²) in [6.07, 6.45) is 12.8. The van der Waals surface area contributed by atoms with Gasteiger partial charge in [0.15, 0.2) is 0 Å². The zero-order valence-electron chi connectivity index (χ0n) is 10.9. The van der Waals surface area contributed by atoms with Crippen molar-refractivity contribution in [2.45, 2.75) is 13.8 Å². The Balaban J connectivity index is 2.95. The van der Waals surface area contributed by atoms with Crippen molar-refractivity contribution in [1.29, 1.82) is 0 Å². The Kier molecular flexibility index (Phi) is 7.12. The van der Waals surface area contributed by atoms with Gasteiger partial charge in [-0.15, -0.1) is 0 Å². The van der Waals surface area contributed by atoms with Crippen molar-refractivity contribution in [3.8, 4) is 0 Å². The Morgan fingerprint density at radius 1 is 1.06 bits per heavy atom. The first kappa shape index (κ1) is 14.7. The van der Waals surface area contributed by atoms with Crippen LogP contribution < -0.4 is 0 Å². The maximum atomic E-state index is 3.46. The molecule has 1 aromatic carbocycles. The molecule has 0 aliphatic rings. The first-order chi connectivity index (χ1) is 8.81. The van der Waals surface area contributed by atoms with Gasteiger partial charge < -0.3 is 0 Å². The van der Waals surface area contributed by atoms with Crippen molar-refractivity contribution in [1.82, 2.24) is 0 Å². The summed E-state index contributed by atoms with van der Waals surface area (Å²) in [7, 11) is 0. The maximum absolute atomic E-state index is 3.46. The van der Waals surface area contributed by atoms with Crippen LogP contribution in [-0.4, -0.2) is 5.33 Å². The molecule has 0 radical (unpaired) electrons. The smallest absolute Gasteiger partial charge is 0.0221 e. The van der Waals surface area contributed by atoms with E-state index in [1.165, 1.54) is 16.7 Å². The van der Waals surface area contributed by atoms with Crippen LogP contribution in [0.5, 0.6) is 0 Å². The third-order valence-corrected chi connectivity index (χ3v) is 2.87. The van der Waals surface area contributed by atoms with Gasteiger partial charge in [-0.05, 0) is 30.6 Å². The highest BCUT2D eigenvalue weighted by molar-refractivity contribution is 9.09. The number of alkyl halides is 1. The summed E-state index contributed by atoms with van der Waals surface area (Å²) in [5.41, 5.74) is 3.69. The van der Waals surface area contributed by atoms with E-state index in [9.17, 15) is 0 Å². The van der Waals surface area contributed by atoms with Crippen molar-refractivity contribution in [2.75, 3.05) is 5.33 Å². The van der Waals surface area contributed by atoms with Gasteiger partial charge in [0, 0.05) is 5.33 Å². The number of hydrogen-bond donors (Lipinski definition) is 0. The second kappa shape index (κ2) is 8.71. The van der Waals surface area contributed by atoms with Crippen molar-refractivity contribution >= 4 is 22.0 Å². The Bertz CT molecular complexity index is 462. The minimum atomic E-state index is 0.857.